The van der Waals surface area contributed by atoms with Crippen LogP contribution in [0.5, 0.6) is 0 Å². The Morgan fingerprint density at radius 3 is 2.72 bits per heavy atom. The van der Waals surface area contributed by atoms with Crippen molar-refractivity contribution in [2.75, 3.05) is 18.9 Å². The molecule has 1 aliphatic rings. The van der Waals surface area contributed by atoms with Gasteiger partial charge in [-0.05, 0) is 37.0 Å². The summed E-state index contributed by atoms with van der Waals surface area (Å²) < 4.78 is 0. The summed E-state index contributed by atoms with van der Waals surface area (Å²) in [6.45, 7) is 2.03. The monoisotopic (exact) mass is 268 g/mol. The van der Waals surface area contributed by atoms with Crippen molar-refractivity contribution in [2.24, 2.45) is 0 Å². The Morgan fingerprint density at radius 1 is 1.39 bits per heavy atom. The number of hydrogen-bond donors (Lipinski definition) is 2. The second kappa shape index (κ2) is 6.41. The van der Waals surface area contributed by atoms with Crippen LogP contribution in [0.1, 0.15) is 31.2 Å². The molecule has 0 aliphatic heterocycles. The molecule has 2 rings (SSSR count). The molecule has 0 spiro atoms. The molecule has 0 radical (unpaired) electrons. The molecule has 1 aliphatic carbocycles. The van der Waals surface area contributed by atoms with Crippen LogP contribution in [0.25, 0.3) is 0 Å². The van der Waals surface area contributed by atoms with Gasteiger partial charge < -0.3 is 10.8 Å². The molecule has 1 aromatic carbocycles. The third kappa shape index (κ3) is 3.37. The van der Waals surface area contributed by atoms with Crippen LogP contribution in [-0.2, 0) is 6.54 Å². The molecule has 0 aromatic heterocycles. The van der Waals surface area contributed by atoms with Gasteiger partial charge in [-0.3, -0.25) is 4.90 Å². The second-order valence-electron chi connectivity index (χ2n) is 4.98. The summed E-state index contributed by atoms with van der Waals surface area (Å²) in [4.78, 5) is 2.43. The molecule has 0 unspecified atom stereocenters. The number of nitrogens with two attached hydrogens (primary N) is 1. The van der Waals surface area contributed by atoms with Gasteiger partial charge in [0.1, 0.15) is 0 Å². The molecule has 0 atom stereocenters. The number of hydrogen-bond acceptors (Lipinski definition) is 3. The number of rotatable bonds is 6. The Kier molecular flexibility index (Phi) is 4.87. The highest BCUT2D eigenvalue weighted by atomic mass is 35.5. The summed E-state index contributed by atoms with van der Waals surface area (Å²) in [5, 5.41) is 9.71. The van der Waals surface area contributed by atoms with E-state index in [1.807, 2.05) is 18.2 Å². The quantitative estimate of drug-likeness (QED) is 0.780. The topological polar surface area (TPSA) is 49.5 Å². The zero-order valence-electron chi connectivity index (χ0n) is 10.6. The maximum absolute atomic E-state index is 8.98. The van der Waals surface area contributed by atoms with E-state index in [2.05, 4.69) is 4.90 Å². The van der Waals surface area contributed by atoms with Crippen LogP contribution in [0.2, 0.25) is 5.02 Å². The molecule has 1 fully saturated rings. The normalized spacial score (nSPS) is 15.9. The van der Waals surface area contributed by atoms with Gasteiger partial charge in [0.15, 0.2) is 0 Å². The smallest absolute Gasteiger partial charge is 0.0471 e. The second-order valence-corrected chi connectivity index (χ2v) is 5.39. The van der Waals surface area contributed by atoms with E-state index in [0.717, 1.165) is 30.1 Å². The first-order valence-corrected chi connectivity index (χ1v) is 6.97. The third-order valence-corrected chi connectivity index (χ3v) is 4.00. The van der Waals surface area contributed by atoms with Gasteiger partial charge >= 0.3 is 0 Å². The van der Waals surface area contributed by atoms with Crippen LogP contribution in [0, 0.1) is 0 Å². The molecular weight excluding hydrogens is 248 g/mol. The molecule has 3 nitrogen and oxygen atoms in total. The van der Waals surface area contributed by atoms with Crippen LogP contribution in [-0.4, -0.2) is 29.2 Å². The lowest BCUT2D eigenvalue weighted by Gasteiger charge is -2.37. The van der Waals surface area contributed by atoms with Crippen molar-refractivity contribution in [2.45, 2.75) is 38.3 Å². The molecule has 0 amide bonds. The maximum atomic E-state index is 8.98. The van der Waals surface area contributed by atoms with Crippen molar-refractivity contribution in [1.29, 1.82) is 0 Å². The zero-order chi connectivity index (χ0) is 13.0. The van der Waals surface area contributed by atoms with Gasteiger partial charge in [-0.1, -0.05) is 24.1 Å². The predicted octanol–water partition coefficient (Wildman–Crippen LogP) is 2.66. The largest absolute Gasteiger partial charge is 0.399 e. The first kappa shape index (κ1) is 13.7. The fourth-order valence-corrected chi connectivity index (χ4v) is 2.58. The SMILES string of the molecule is Nc1ccc(CN(CCCO)C2CCC2)c(Cl)c1. The van der Waals surface area contributed by atoms with Gasteiger partial charge in [0, 0.05) is 36.4 Å². The summed E-state index contributed by atoms with van der Waals surface area (Å²) in [6, 6.07) is 6.36. The minimum atomic E-state index is 0.249. The van der Waals surface area contributed by atoms with E-state index in [-0.39, 0.29) is 6.61 Å². The average molecular weight is 269 g/mol. The van der Waals surface area contributed by atoms with Crippen molar-refractivity contribution in [3.05, 3.63) is 28.8 Å². The first-order valence-electron chi connectivity index (χ1n) is 6.59. The minimum absolute atomic E-state index is 0.249. The average Bonchev–Trinajstić information content (AvgIpc) is 2.27. The van der Waals surface area contributed by atoms with E-state index in [4.69, 9.17) is 22.4 Å². The predicted molar refractivity (Wildman–Crippen MR) is 75.6 cm³/mol. The Bertz CT molecular complexity index is 393. The lowest BCUT2D eigenvalue weighted by Crippen LogP contribution is -2.40. The molecular formula is C14H21ClN2O. The number of aliphatic hydroxyl groups excluding tert-OH is 1. The van der Waals surface area contributed by atoms with Crippen molar-refractivity contribution in [1.82, 2.24) is 4.90 Å². The summed E-state index contributed by atoms with van der Waals surface area (Å²) in [5.41, 5.74) is 7.53. The number of benzene rings is 1. The molecule has 1 aromatic rings. The molecule has 0 bridgehead atoms. The number of halogens is 1. The van der Waals surface area contributed by atoms with Gasteiger partial charge in [0.05, 0.1) is 0 Å². The molecule has 4 heteroatoms. The minimum Gasteiger partial charge on any atom is -0.399 e. The fourth-order valence-electron chi connectivity index (χ4n) is 2.33. The van der Waals surface area contributed by atoms with Crippen LogP contribution in [0.3, 0.4) is 0 Å². The Labute approximate surface area is 114 Å². The highest BCUT2D eigenvalue weighted by Gasteiger charge is 2.24. The molecule has 1 saturated carbocycles. The van der Waals surface area contributed by atoms with E-state index in [1.165, 1.54) is 19.3 Å². The number of anilines is 1. The highest BCUT2D eigenvalue weighted by molar-refractivity contribution is 6.31. The fraction of sp³-hybridized carbons (Fsp3) is 0.571. The maximum Gasteiger partial charge on any atom is 0.0471 e. The van der Waals surface area contributed by atoms with E-state index in [0.29, 0.717) is 11.7 Å². The molecule has 100 valence electrons. The summed E-state index contributed by atoms with van der Waals surface area (Å²) in [6.07, 6.45) is 4.66. The van der Waals surface area contributed by atoms with Crippen molar-refractivity contribution < 1.29 is 5.11 Å². The Hall–Kier alpha value is -0.770. The lowest BCUT2D eigenvalue weighted by atomic mass is 9.91. The van der Waals surface area contributed by atoms with Crippen molar-refractivity contribution in [3.63, 3.8) is 0 Å². The van der Waals surface area contributed by atoms with Crippen molar-refractivity contribution >= 4 is 17.3 Å². The summed E-state index contributed by atoms with van der Waals surface area (Å²) in [7, 11) is 0. The van der Waals surface area contributed by atoms with E-state index >= 15 is 0 Å². The van der Waals surface area contributed by atoms with Gasteiger partial charge in [-0.2, -0.15) is 0 Å². The Morgan fingerprint density at radius 2 is 2.17 bits per heavy atom. The summed E-state index contributed by atoms with van der Waals surface area (Å²) >= 11 is 6.22. The standard InChI is InChI=1S/C14H21ClN2O/c15-14-9-12(16)6-5-11(14)10-17(7-2-8-18)13-3-1-4-13/h5-6,9,13,18H,1-4,7-8,10,16H2. The van der Waals surface area contributed by atoms with Gasteiger partial charge in [-0.25, -0.2) is 0 Å². The number of nitrogen functional groups attached to an aromatic ring is 1. The van der Waals surface area contributed by atoms with Gasteiger partial charge in [-0.15, -0.1) is 0 Å². The van der Waals surface area contributed by atoms with E-state index in [1.54, 1.807) is 0 Å². The molecule has 0 heterocycles. The third-order valence-electron chi connectivity index (χ3n) is 3.65. The van der Waals surface area contributed by atoms with Crippen LogP contribution in [0.15, 0.2) is 18.2 Å². The van der Waals surface area contributed by atoms with E-state index in [9.17, 15) is 0 Å². The number of aliphatic hydroxyl groups is 1. The highest BCUT2D eigenvalue weighted by Crippen LogP contribution is 2.28. The van der Waals surface area contributed by atoms with Crippen molar-refractivity contribution in [3.8, 4) is 0 Å². The van der Waals surface area contributed by atoms with Gasteiger partial charge in [0.2, 0.25) is 0 Å². The molecule has 0 saturated heterocycles. The molecule has 18 heavy (non-hydrogen) atoms. The van der Waals surface area contributed by atoms with Crippen LogP contribution in [0.4, 0.5) is 5.69 Å². The molecule has 3 N–H and O–H groups in total. The van der Waals surface area contributed by atoms with Gasteiger partial charge in [0.25, 0.3) is 0 Å². The summed E-state index contributed by atoms with van der Waals surface area (Å²) in [5.74, 6) is 0. The first-order chi connectivity index (χ1) is 8.70. The zero-order valence-corrected chi connectivity index (χ0v) is 11.4. The van der Waals surface area contributed by atoms with E-state index < -0.39 is 0 Å². The Balaban J connectivity index is 2.02. The lowest BCUT2D eigenvalue weighted by molar-refractivity contribution is 0.109. The van der Waals surface area contributed by atoms with Crippen LogP contribution >= 0.6 is 11.6 Å². The number of nitrogens with zero attached hydrogens (tertiary/aromatic N) is 1. The van der Waals surface area contributed by atoms with Crippen LogP contribution < -0.4 is 5.73 Å².